The van der Waals surface area contributed by atoms with Gasteiger partial charge in [-0.2, -0.15) is 5.10 Å². The molecule has 1 saturated carbocycles. The molecule has 8 nitrogen and oxygen atoms in total. The van der Waals surface area contributed by atoms with E-state index >= 15 is 0 Å². The molecule has 0 bridgehead atoms. The number of hydrazone groups is 1. The minimum atomic E-state index is -1.17. The third kappa shape index (κ3) is 4.80. The van der Waals surface area contributed by atoms with Gasteiger partial charge in [0.15, 0.2) is 5.89 Å². The minimum absolute atomic E-state index is 0.0278. The summed E-state index contributed by atoms with van der Waals surface area (Å²) >= 11 is 0. The fraction of sp³-hybridized carbons (Fsp3) is 0.560. The number of hydrogen-bond acceptors (Lipinski definition) is 7. The van der Waals surface area contributed by atoms with Crippen LogP contribution in [0.5, 0.6) is 5.75 Å². The van der Waals surface area contributed by atoms with Crippen LogP contribution in [0, 0.1) is 6.92 Å². The number of nitrogens with zero attached hydrogens (tertiary/aromatic N) is 4. The highest BCUT2D eigenvalue weighted by atomic mass is 19.1. The van der Waals surface area contributed by atoms with Gasteiger partial charge in [0.2, 0.25) is 5.76 Å². The van der Waals surface area contributed by atoms with Crippen LogP contribution in [0.4, 0.5) is 10.1 Å². The van der Waals surface area contributed by atoms with Gasteiger partial charge in [0.1, 0.15) is 18.0 Å². The molecule has 9 heteroatoms. The van der Waals surface area contributed by atoms with Crippen molar-refractivity contribution in [3.63, 3.8) is 0 Å². The number of carbonyl (C=O) groups excluding carboxylic acids is 1. The van der Waals surface area contributed by atoms with Crippen molar-refractivity contribution in [2.45, 2.75) is 69.2 Å². The van der Waals surface area contributed by atoms with Gasteiger partial charge in [-0.05, 0) is 62.8 Å². The first kappa shape index (κ1) is 22.8. The van der Waals surface area contributed by atoms with Crippen molar-refractivity contribution < 1.29 is 23.4 Å². The summed E-state index contributed by atoms with van der Waals surface area (Å²) in [5, 5.41) is 17.7. The van der Waals surface area contributed by atoms with E-state index in [0.717, 1.165) is 18.5 Å². The Morgan fingerprint density at radius 1 is 1.24 bits per heavy atom. The fourth-order valence-corrected chi connectivity index (χ4v) is 4.90. The number of alkyl halides is 1. The van der Waals surface area contributed by atoms with E-state index in [1.165, 1.54) is 6.20 Å². The van der Waals surface area contributed by atoms with E-state index < -0.39 is 11.3 Å². The normalized spacial score (nSPS) is 23.1. The van der Waals surface area contributed by atoms with Crippen LogP contribution in [-0.2, 0) is 0 Å². The third-order valence-electron chi connectivity index (χ3n) is 7.21. The number of anilines is 1. The monoisotopic (exact) mass is 470 g/mol. The van der Waals surface area contributed by atoms with E-state index in [4.69, 9.17) is 9.15 Å². The van der Waals surface area contributed by atoms with Crippen LogP contribution in [0.3, 0.4) is 0 Å². The summed E-state index contributed by atoms with van der Waals surface area (Å²) in [5.41, 5.74) is -1.14. The van der Waals surface area contributed by atoms with Gasteiger partial charge in [-0.25, -0.2) is 9.37 Å². The molecule has 0 spiro atoms. The highest BCUT2D eigenvalue weighted by molar-refractivity contribution is 5.91. The molecule has 2 aliphatic heterocycles. The lowest BCUT2D eigenvalue weighted by molar-refractivity contribution is -0.0274. The Kier molecular flexibility index (Phi) is 6.06. The summed E-state index contributed by atoms with van der Waals surface area (Å²) in [6.07, 6.45) is 7.67. The number of amides is 1. The first-order chi connectivity index (χ1) is 16.3. The molecular formula is C25H31FN4O4. The third-order valence-corrected chi connectivity index (χ3v) is 7.21. The summed E-state index contributed by atoms with van der Waals surface area (Å²) in [4.78, 5) is 18.3. The van der Waals surface area contributed by atoms with Gasteiger partial charge in [0, 0.05) is 32.6 Å². The second kappa shape index (κ2) is 9.02. The maximum absolute atomic E-state index is 14.2. The van der Waals surface area contributed by atoms with E-state index in [0.29, 0.717) is 56.8 Å². The van der Waals surface area contributed by atoms with Crippen LogP contribution in [0.25, 0.3) is 0 Å². The van der Waals surface area contributed by atoms with Crippen molar-refractivity contribution in [2.75, 3.05) is 24.7 Å². The van der Waals surface area contributed by atoms with Gasteiger partial charge >= 0.3 is 0 Å². The molecule has 3 aliphatic rings. The number of piperidine rings is 1. The fourth-order valence-electron chi connectivity index (χ4n) is 4.90. The first-order valence-electron chi connectivity index (χ1n) is 12.0. The van der Waals surface area contributed by atoms with Gasteiger partial charge in [-0.15, -0.1) is 0 Å². The number of aryl methyl sites for hydroxylation is 1. The van der Waals surface area contributed by atoms with Gasteiger partial charge < -0.3 is 19.2 Å². The molecule has 1 N–H and O–H groups in total. The lowest BCUT2D eigenvalue weighted by Gasteiger charge is -2.40. The molecule has 3 heterocycles. The molecule has 2 aromatic rings. The smallest absolute Gasteiger partial charge is 0.291 e. The summed E-state index contributed by atoms with van der Waals surface area (Å²) in [5.74, 6) is 1.15. The Bertz CT molecular complexity index is 1040. The molecule has 1 unspecified atom stereocenters. The number of carbonyl (C=O) groups is 1. The Morgan fingerprint density at radius 2 is 1.97 bits per heavy atom. The molecule has 1 aromatic heterocycles. The van der Waals surface area contributed by atoms with Crippen molar-refractivity contribution in [3.8, 4) is 5.75 Å². The highest BCUT2D eigenvalue weighted by Crippen LogP contribution is 2.37. The summed E-state index contributed by atoms with van der Waals surface area (Å²) in [6, 6.07) is 7.54. The molecular weight excluding hydrogens is 439 g/mol. The summed E-state index contributed by atoms with van der Waals surface area (Å²) in [7, 11) is 0. The van der Waals surface area contributed by atoms with Crippen LogP contribution >= 0.6 is 0 Å². The molecule has 1 atom stereocenters. The molecule has 5 rings (SSSR count). The molecule has 0 radical (unpaired) electrons. The van der Waals surface area contributed by atoms with Gasteiger partial charge in [0.05, 0.1) is 23.5 Å². The molecule has 1 aliphatic carbocycles. The van der Waals surface area contributed by atoms with Crippen molar-refractivity contribution in [1.29, 1.82) is 0 Å². The van der Waals surface area contributed by atoms with Gasteiger partial charge in [0.25, 0.3) is 5.91 Å². The van der Waals surface area contributed by atoms with Crippen LogP contribution in [-0.4, -0.2) is 64.1 Å². The van der Waals surface area contributed by atoms with Crippen LogP contribution in [0.2, 0.25) is 0 Å². The SMILES string of the molecule is Cc1ncc(C(=O)N2CCC(O)(CC3CC=NN3c3ccc(OCC4(F)CCC4)cc3)CC2)o1. The molecule has 1 amide bonds. The van der Waals surface area contributed by atoms with Crippen LogP contribution in [0.15, 0.2) is 40.0 Å². The largest absolute Gasteiger partial charge is 0.490 e. The Morgan fingerprint density at radius 3 is 2.59 bits per heavy atom. The number of rotatable bonds is 7. The Balaban J connectivity index is 1.16. The predicted octanol–water partition coefficient (Wildman–Crippen LogP) is 3.88. The van der Waals surface area contributed by atoms with E-state index in [2.05, 4.69) is 10.1 Å². The number of oxazole rings is 1. The standard InChI is InChI=1S/C25H31FN4O4/c1-18-27-16-22(34-18)23(31)29-13-10-25(32,11-14-29)15-20-7-12-28-30(20)19-3-5-21(6-4-19)33-17-24(26)8-2-9-24/h3-6,12,16,20,32H,2,7-11,13-15,17H2,1H3. The van der Waals surface area contributed by atoms with Crippen molar-refractivity contribution in [2.24, 2.45) is 5.10 Å². The van der Waals surface area contributed by atoms with Crippen molar-refractivity contribution in [1.82, 2.24) is 9.88 Å². The van der Waals surface area contributed by atoms with E-state index in [1.807, 2.05) is 35.5 Å². The van der Waals surface area contributed by atoms with Crippen LogP contribution < -0.4 is 9.75 Å². The number of benzene rings is 1. The van der Waals surface area contributed by atoms with Gasteiger partial charge in [-0.3, -0.25) is 9.80 Å². The van der Waals surface area contributed by atoms with Crippen molar-refractivity contribution >= 4 is 17.8 Å². The summed E-state index contributed by atoms with van der Waals surface area (Å²) < 4.78 is 25.2. The van der Waals surface area contributed by atoms with E-state index in [9.17, 15) is 14.3 Å². The van der Waals surface area contributed by atoms with Crippen LogP contribution in [0.1, 0.15) is 61.4 Å². The average molecular weight is 471 g/mol. The average Bonchev–Trinajstić information content (AvgIpc) is 3.45. The number of halogens is 1. The lowest BCUT2D eigenvalue weighted by Crippen LogP contribution is -2.49. The molecule has 34 heavy (non-hydrogen) atoms. The second-order valence-corrected chi connectivity index (χ2v) is 9.78. The minimum Gasteiger partial charge on any atom is -0.490 e. The maximum atomic E-state index is 14.2. The summed E-state index contributed by atoms with van der Waals surface area (Å²) in [6.45, 7) is 2.73. The number of aliphatic hydroxyl groups is 1. The first-order valence-corrected chi connectivity index (χ1v) is 12.0. The van der Waals surface area contributed by atoms with E-state index in [1.54, 1.807) is 11.8 Å². The zero-order valence-electron chi connectivity index (χ0n) is 19.5. The van der Waals surface area contributed by atoms with E-state index in [-0.39, 0.29) is 24.3 Å². The number of aromatic nitrogens is 1. The van der Waals surface area contributed by atoms with Gasteiger partial charge in [-0.1, -0.05) is 0 Å². The molecule has 1 saturated heterocycles. The Hall–Kier alpha value is -2.94. The lowest BCUT2D eigenvalue weighted by atomic mass is 9.83. The molecule has 1 aromatic carbocycles. The zero-order chi connectivity index (χ0) is 23.8. The quantitative estimate of drug-likeness (QED) is 0.661. The number of hydrogen-bond donors (Lipinski definition) is 1. The topological polar surface area (TPSA) is 91.4 Å². The van der Waals surface area contributed by atoms with Crippen molar-refractivity contribution in [3.05, 3.63) is 42.1 Å². The Labute approximate surface area is 198 Å². The number of ether oxygens (including phenoxy) is 1. The maximum Gasteiger partial charge on any atom is 0.291 e. The number of likely N-dealkylation sites (tertiary alicyclic amines) is 1. The second-order valence-electron chi connectivity index (χ2n) is 9.78. The highest BCUT2D eigenvalue weighted by Gasteiger charge is 2.39. The predicted molar refractivity (Wildman–Crippen MR) is 125 cm³/mol. The molecule has 182 valence electrons. The molecule has 2 fully saturated rings. The zero-order valence-corrected chi connectivity index (χ0v) is 19.5.